The fraction of sp³-hybridized carbons (Fsp3) is 0.467. The molecule has 1 fully saturated rings. The van der Waals surface area contributed by atoms with Crippen LogP contribution in [0.15, 0.2) is 24.3 Å². The molecule has 0 aliphatic carbocycles. The average Bonchev–Trinajstić information content (AvgIpc) is 2.71. The molecule has 0 spiro atoms. The molecule has 1 aromatic rings. The van der Waals surface area contributed by atoms with Crippen molar-refractivity contribution in [3.05, 3.63) is 35.4 Å². The van der Waals surface area contributed by atoms with Crippen LogP contribution in [-0.2, 0) is 22.6 Å². The first kappa shape index (κ1) is 13.1. The van der Waals surface area contributed by atoms with Crippen molar-refractivity contribution in [1.82, 2.24) is 15.5 Å². The maximum Gasteiger partial charge on any atom is 0.240 e. The van der Waals surface area contributed by atoms with Crippen molar-refractivity contribution in [2.75, 3.05) is 19.6 Å². The van der Waals surface area contributed by atoms with Crippen LogP contribution < -0.4 is 10.6 Å². The van der Waals surface area contributed by atoms with E-state index in [0.29, 0.717) is 26.1 Å². The topological polar surface area (TPSA) is 61.4 Å². The van der Waals surface area contributed by atoms with E-state index in [4.69, 9.17) is 0 Å². The third-order valence-corrected chi connectivity index (χ3v) is 4.00. The van der Waals surface area contributed by atoms with Crippen molar-refractivity contribution in [3.8, 4) is 0 Å². The van der Waals surface area contributed by atoms with Crippen LogP contribution in [0.3, 0.4) is 0 Å². The number of nitrogens with zero attached hydrogens (tertiary/aromatic N) is 1. The zero-order valence-corrected chi connectivity index (χ0v) is 11.4. The van der Waals surface area contributed by atoms with Crippen molar-refractivity contribution in [2.45, 2.75) is 25.4 Å². The Kier molecular flexibility index (Phi) is 3.69. The fourth-order valence-electron chi connectivity index (χ4n) is 2.84. The molecule has 106 valence electrons. The molecule has 1 aromatic carbocycles. The average molecular weight is 273 g/mol. The third kappa shape index (κ3) is 2.67. The van der Waals surface area contributed by atoms with Gasteiger partial charge in [-0.2, -0.15) is 0 Å². The smallest absolute Gasteiger partial charge is 0.240 e. The summed E-state index contributed by atoms with van der Waals surface area (Å²) < 4.78 is 0. The minimum Gasteiger partial charge on any atom is -0.354 e. The number of fused-ring (bicyclic) bond motifs is 1. The van der Waals surface area contributed by atoms with E-state index in [1.165, 1.54) is 11.1 Å². The molecule has 1 atom stereocenters. The van der Waals surface area contributed by atoms with Gasteiger partial charge in [-0.15, -0.1) is 0 Å². The monoisotopic (exact) mass is 273 g/mol. The molecule has 5 nitrogen and oxygen atoms in total. The van der Waals surface area contributed by atoms with Crippen LogP contribution in [-0.4, -0.2) is 42.4 Å². The maximum absolute atomic E-state index is 12.5. The first-order chi connectivity index (χ1) is 9.74. The predicted octanol–water partition coefficient (Wildman–Crippen LogP) is 0.0494. The van der Waals surface area contributed by atoms with E-state index >= 15 is 0 Å². The molecule has 0 radical (unpaired) electrons. The van der Waals surface area contributed by atoms with Crippen molar-refractivity contribution < 1.29 is 9.59 Å². The second-order valence-corrected chi connectivity index (χ2v) is 5.33. The van der Waals surface area contributed by atoms with E-state index < -0.39 is 0 Å². The van der Waals surface area contributed by atoms with Crippen molar-refractivity contribution in [2.24, 2.45) is 0 Å². The van der Waals surface area contributed by atoms with E-state index in [1.54, 1.807) is 4.90 Å². The highest BCUT2D eigenvalue weighted by molar-refractivity contribution is 5.84. The molecule has 3 rings (SSSR count). The SMILES string of the molecule is O=C1CCN(C(=O)[C@H]2Cc3ccccc3CN2)CCN1. The number of benzene rings is 1. The first-order valence-corrected chi connectivity index (χ1v) is 7.10. The molecule has 0 saturated carbocycles. The number of hydrogen-bond donors (Lipinski definition) is 2. The number of carbonyl (C=O) groups excluding carboxylic acids is 2. The van der Waals surface area contributed by atoms with Gasteiger partial charge in [-0.25, -0.2) is 0 Å². The molecule has 2 N–H and O–H groups in total. The Morgan fingerprint density at radius 1 is 1.20 bits per heavy atom. The molecule has 0 bridgehead atoms. The standard InChI is InChI=1S/C15H19N3O2/c19-14-5-7-18(8-6-16-14)15(20)13-9-11-3-1-2-4-12(11)10-17-13/h1-4,13,17H,5-10H2,(H,16,19)/t13-/m1/s1. The van der Waals surface area contributed by atoms with Gasteiger partial charge < -0.3 is 15.5 Å². The molecular formula is C15H19N3O2. The second-order valence-electron chi connectivity index (χ2n) is 5.33. The maximum atomic E-state index is 12.5. The number of rotatable bonds is 1. The molecule has 2 amide bonds. The Balaban J connectivity index is 1.68. The van der Waals surface area contributed by atoms with Crippen LogP contribution in [0.25, 0.3) is 0 Å². The van der Waals surface area contributed by atoms with Crippen molar-refractivity contribution in [1.29, 1.82) is 0 Å². The minimum absolute atomic E-state index is 0.0299. The van der Waals surface area contributed by atoms with Crippen LogP contribution in [0, 0.1) is 0 Å². The Morgan fingerprint density at radius 3 is 2.85 bits per heavy atom. The van der Waals surface area contributed by atoms with Crippen LogP contribution in [0.1, 0.15) is 17.5 Å². The normalized spacial score (nSPS) is 22.7. The van der Waals surface area contributed by atoms with E-state index in [-0.39, 0.29) is 17.9 Å². The molecular weight excluding hydrogens is 254 g/mol. The first-order valence-electron chi connectivity index (χ1n) is 7.10. The molecule has 2 heterocycles. The lowest BCUT2D eigenvalue weighted by atomic mass is 9.95. The van der Waals surface area contributed by atoms with Crippen molar-refractivity contribution in [3.63, 3.8) is 0 Å². The fourth-order valence-corrected chi connectivity index (χ4v) is 2.84. The quantitative estimate of drug-likeness (QED) is 0.760. The van der Waals surface area contributed by atoms with Gasteiger partial charge >= 0.3 is 0 Å². The van der Waals surface area contributed by atoms with E-state index in [2.05, 4.69) is 22.8 Å². The predicted molar refractivity (Wildman–Crippen MR) is 75.0 cm³/mol. The van der Waals surface area contributed by atoms with Crippen LogP contribution in [0.4, 0.5) is 0 Å². The Morgan fingerprint density at radius 2 is 2.00 bits per heavy atom. The van der Waals surface area contributed by atoms with Crippen LogP contribution in [0.2, 0.25) is 0 Å². The van der Waals surface area contributed by atoms with Gasteiger partial charge in [0.1, 0.15) is 0 Å². The lowest BCUT2D eigenvalue weighted by Crippen LogP contribution is -2.50. The van der Waals surface area contributed by atoms with E-state index in [1.807, 2.05) is 12.1 Å². The lowest BCUT2D eigenvalue weighted by Gasteiger charge is -2.30. The summed E-state index contributed by atoms with van der Waals surface area (Å²) in [5, 5.41) is 6.10. The van der Waals surface area contributed by atoms with Gasteiger partial charge in [-0.3, -0.25) is 9.59 Å². The summed E-state index contributed by atoms with van der Waals surface area (Å²) in [4.78, 5) is 25.7. The molecule has 1 saturated heterocycles. The van der Waals surface area contributed by atoms with Crippen LogP contribution >= 0.6 is 0 Å². The van der Waals surface area contributed by atoms with E-state index in [9.17, 15) is 9.59 Å². The van der Waals surface area contributed by atoms with E-state index in [0.717, 1.165) is 13.0 Å². The molecule has 0 aromatic heterocycles. The Hall–Kier alpha value is -1.88. The largest absolute Gasteiger partial charge is 0.354 e. The highest BCUT2D eigenvalue weighted by Crippen LogP contribution is 2.17. The summed E-state index contributed by atoms with van der Waals surface area (Å²) in [6, 6.07) is 8.05. The van der Waals surface area contributed by atoms with Crippen LogP contribution in [0.5, 0.6) is 0 Å². The molecule has 2 aliphatic rings. The number of carbonyl (C=O) groups is 2. The summed E-state index contributed by atoms with van der Waals surface area (Å²) in [5.74, 6) is 0.137. The van der Waals surface area contributed by atoms with Gasteiger partial charge in [0.2, 0.25) is 11.8 Å². The highest BCUT2D eigenvalue weighted by Gasteiger charge is 2.28. The second kappa shape index (κ2) is 5.63. The number of amides is 2. The van der Waals surface area contributed by atoms with Gasteiger partial charge in [0.25, 0.3) is 0 Å². The summed E-state index contributed by atoms with van der Waals surface area (Å²) >= 11 is 0. The zero-order valence-electron chi connectivity index (χ0n) is 11.4. The molecule has 2 aliphatic heterocycles. The van der Waals surface area contributed by atoms with Gasteiger partial charge in [0, 0.05) is 32.6 Å². The summed E-state index contributed by atoms with van der Waals surface area (Å²) in [6.45, 7) is 2.40. The Labute approximate surface area is 118 Å². The van der Waals surface area contributed by atoms with Gasteiger partial charge in [-0.1, -0.05) is 24.3 Å². The third-order valence-electron chi connectivity index (χ3n) is 4.00. The van der Waals surface area contributed by atoms with Crippen molar-refractivity contribution >= 4 is 11.8 Å². The molecule has 20 heavy (non-hydrogen) atoms. The Bertz CT molecular complexity index is 530. The highest BCUT2D eigenvalue weighted by atomic mass is 16.2. The summed E-state index contributed by atoms with van der Waals surface area (Å²) in [7, 11) is 0. The van der Waals surface area contributed by atoms with Gasteiger partial charge in [0.05, 0.1) is 6.04 Å². The molecule has 5 heteroatoms. The van der Waals surface area contributed by atoms with Gasteiger partial charge in [-0.05, 0) is 17.5 Å². The summed E-state index contributed by atoms with van der Waals surface area (Å²) in [5.41, 5.74) is 2.51. The minimum atomic E-state index is -0.168. The number of hydrogen-bond acceptors (Lipinski definition) is 3. The van der Waals surface area contributed by atoms with Gasteiger partial charge in [0.15, 0.2) is 0 Å². The number of nitrogens with one attached hydrogen (secondary N) is 2. The molecule has 0 unspecified atom stereocenters. The lowest BCUT2D eigenvalue weighted by molar-refractivity contribution is -0.133. The summed E-state index contributed by atoms with van der Waals surface area (Å²) in [6.07, 6.45) is 1.13. The zero-order chi connectivity index (χ0) is 13.9.